The minimum atomic E-state index is -0.502. The summed E-state index contributed by atoms with van der Waals surface area (Å²) in [5, 5.41) is 14.8. The second kappa shape index (κ2) is 9.03. The number of carbonyl (C=O) groups excluding carboxylic acids is 1. The Labute approximate surface area is 204 Å². The predicted octanol–water partition coefficient (Wildman–Crippen LogP) is 6.70. The van der Waals surface area contributed by atoms with Gasteiger partial charge >= 0.3 is 0 Å². The second-order valence-electron chi connectivity index (χ2n) is 7.78. The lowest BCUT2D eigenvalue weighted by Gasteiger charge is -2.09. The van der Waals surface area contributed by atoms with E-state index >= 15 is 0 Å². The summed E-state index contributed by atoms with van der Waals surface area (Å²) in [4.78, 5) is 28.2. The number of methoxy groups -OCH3 is 1. The molecule has 35 heavy (non-hydrogen) atoms. The number of hydrogen-bond donors (Lipinski definition) is 1. The van der Waals surface area contributed by atoms with E-state index in [-0.39, 0.29) is 17.2 Å². The maximum Gasteiger partial charge on any atom is 0.291 e. The fourth-order valence-electron chi connectivity index (χ4n) is 3.67. The SMILES string of the molecule is COc1cc([N+](=O)[O-])ccc1-c1ccc(C(=O)Nc2cc(-c3nc4ccccc4s3)ccc2C)o1. The van der Waals surface area contributed by atoms with Gasteiger partial charge in [0.25, 0.3) is 11.6 Å². The average molecular weight is 486 g/mol. The molecular weight excluding hydrogens is 466 g/mol. The van der Waals surface area contributed by atoms with Crippen LogP contribution in [-0.4, -0.2) is 22.9 Å². The number of anilines is 1. The lowest BCUT2D eigenvalue weighted by atomic mass is 10.1. The van der Waals surface area contributed by atoms with Crippen molar-refractivity contribution in [2.24, 2.45) is 0 Å². The molecular formula is C26H19N3O5S. The predicted molar refractivity (Wildman–Crippen MR) is 135 cm³/mol. The number of aromatic nitrogens is 1. The van der Waals surface area contributed by atoms with E-state index in [9.17, 15) is 14.9 Å². The molecule has 1 N–H and O–H groups in total. The normalized spacial score (nSPS) is 10.9. The molecule has 0 atom stereocenters. The molecule has 0 saturated carbocycles. The standard InChI is InChI=1S/C26H19N3O5S/c1-15-7-8-16(26-28-19-5-3-4-6-24(19)35-26)13-20(15)27-25(30)22-12-11-21(34-22)18-10-9-17(29(31)32)14-23(18)33-2/h3-14H,1-2H3,(H,27,30). The van der Waals surface area contributed by atoms with Gasteiger partial charge in [-0.25, -0.2) is 4.98 Å². The highest BCUT2D eigenvalue weighted by Crippen LogP contribution is 2.35. The maximum atomic E-state index is 13.0. The number of ether oxygens (including phenoxy) is 1. The second-order valence-corrected chi connectivity index (χ2v) is 8.81. The molecule has 0 saturated heterocycles. The van der Waals surface area contributed by atoms with Crippen molar-refractivity contribution < 1.29 is 18.9 Å². The number of nitro benzene ring substituents is 1. The van der Waals surface area contributed by atoms with Crippen molar-refractivity contribution in [3.05, 3.63) is 94.2 Å². The van der Waals surface area contributed by atoms with E-state index in [2.05, 4.69) is 5.32 Å². The minimum Gasteiger partial charge on any atom is -0.496 e. The number of fused-ring (bicyclic) bond motifs is 1. The van der Waals surface area contributed by atoms with Crippen molar-refractivity contribution in [1.29, 1.82) is 0 Å². The zero-order chi connectivity index (χ0) is 24.5. The van der Waals surface area contributed by atoms with Crippen LogP contribution in [0.15, 0.2) is 77.2 Å². The van der Waals surface area contributed by atoms with Gasteiger partial charge in [0, 0.05) is 17.3 Å². The summed E-state index contributed by atoms with van der Waals surface area (Å²) in [5.41, 5.74) is 3.79. The number of nitrogens with one attached hydrogen (secondary N) is 1. The van der Waals surface area contributed by atoms with Gasteiger partial charge in [0.15, 0.2) is 5.76 Å². The first-order valence-corrected chi connectivity index (χ1v) is 11.4. The molecule has 2 aromatic heterocycles. The van der Waals surface area contributed by atoms with Crippen LogP contribution in [-0.2, 0) is 0 Å². The van der Waals surface area contributed by atoms with Crippen molar-refractivity contribution in [3.8, 4) is 27.6 Å². The molecule has 5 aromatic rings. The number of aryl methyl sites for hydroxylation is 1. The van der Waals surface area contributed by atoms with E-state index in [1.807, 2.05) is 49.4 Å². The van der Waals surface area contributed by atoms with Gasteiger partial charge in [0.2, 0.25) is 0 Å². The summed E-state index contributed by atoms with van der Waals surface area (Å²) >= 11 is 1.59. The molecule has 0 bridgehead atoms. The van der Waals surface area contributed by atoms with Gasteiger partial charge in [-0.05, 0) is 48.9 Å². The maximum absolute atomic E-state index is 13.0. The molecule has 8 nitrogen and oxygen atoms in total. The van der Waals surface area contributed by atoms with Crippen LogP contribution in [0.3, 0.4) is 0 Å². The first kappa shape index (κ1) is 22.3. The number of nitrogens with zero attached hydrogens (tertiary/aromatic N) is 2. The quantitative estimate of drug-likeness (QED) is 0.212. The molecule has 3 aromatic carbocycles. The summed E-state index contributed by atoms with van der Waals surface area (Å²) in [6.07, 6.45) is 0. The number of benzene rings is 3. The molecule has 0 spiro atoms. The van der Waals surface area contributed by atoms with Crippen LogP contribution in [0, 0.1) is 17.0 Å². The third-order valence-corrected chi connectivity index (χ3v) is 6.60. The number of non-ortho nitro benzene ring substituents is 1. The van der Waals surface area contributed by atoms with Crippen molar-refractivity contribution in [2.75, 3.05) is 12.4 Å². The van der Waals surface area contributed by atoms with Crippen molar-refractivity contribution >= 4 is 38.8 Å². The van der Waals surface area contributed by atoms with Crippen LogP contribution >= 0.6 is 11.3 Å². The summed E-state index contributed by atoms with van der Waals surface area (Å²) in [6.45, 7) is 1.91. The molecule has 0 aliphatic carbocycles. The Hall–Kier alpha value is -4.50. The number of hydrogen-bond acceptors (Lipinski definition) is 7. The van der Waals surface area contributed by atoms with Crippen LogP contribution in [0.2, 0.25) is 0 Å². The summed E-state index contributed by atoms with van der Waals surface area (Å²) in [7, 11) is 1.42. The fraction of sp³-hybridized carbons (Fsp3) is 0.0769. The van der Waals surface area contributed by atoms with Crippen LogP contribution in [0.4, 0.5) is 11.4 Å². The van der Waals surface area contributed by atoms with Crippen LogP contribution in [0.5, 0.6) is 5.75 Å². The monoisotopic (exact) mass is 485 g/mol. The lowest BCUT2D eigenvalue weighted by Crippen LogP contribution is -2.11. The molecule has 2 heterocycles. The third kappa shape index (κ3) is 4.36. The Bertz CT molecular complexity index is 1550. The fourth-order valence-corrected chi connectivity index (χ4v) is 4.63. The van der Waals surface area contributed by atoms with Gasteiger partial charge in [-0.3, -0.25) is 14.9 Å². The van der Waals surface area contributed by atoms with Gasteiger partial charge < -0.3 is 14.5 Å². The highest BCUT2D eigenvalue weighted by molar-refractivity contribution is 7.21. The Morgan fingerprint density at radius 3 is 2.69 bits per heavy atom. The molecule has 9 heteroatoms. The van der Waals surface area contributed by atoms with E-state index in [0.717, 1.165) is 26.4 Å². The van der Waals surface area contributed by atoms with Crippen LogP contribution < -0.4 is 10.1 Å². The molecule has 0 unspecified atom stereocenters. The highest BCUT2D eigenvalue weighted by atomic mass is 32.1. The number of para-hydroxylation sites is 1. The topological polar surface area (TPSA) is 108 Å². The van der Waals surface area contributed by atoms with E-state index in [1.165, 1.54) is 25.3 Å². The Balaban J connectivity index is 1.40. The molecule has 0 aliphatic heterocycles. The van der Waals surface area contributed by atoms with Gasteiger partial charge in [-0.2, -0.15) is 0 Å². The van der Waals surface area contributed by atoms with Crippen LogP contribution in [0.25, 0.3) is 32.1 Å². The molecule has 0 radical (unpaired) electrons. The van der Waals surface area contributed by atoms with Gasteiger partial charge in [-0.1, -0.05) is 24.3 Å². The van der Waals surface area contributed by atoms with Crippen LogP contribution in [0.1, 0.15) is 16.1 Å². The van der Waals surface area contributed by atoms with Gasteiger partial charge in [0.1, 0.15) is 16.5 Å². The molecule has 1 amide bonds. The average Bonchev–Trinajstić information content (AvgIpc) is 3.52. The Morgan fingerprint density at radius 1 is 1.09 bits per heavy atom. The number of carbonyl (C=O) groups is 1. The lowest BCUT2D eigenvalue weighted by molar-refractivity contribution is -0.384. The van der Waals surface area contributed by atoms with E-state index in [0.29, 0.717) is 17.0 Å². The van der Waals surface area contributed by atoms with E-state index < -0.39 is 10.8 Å². The smallest absolute Gasteiger partial charge is 0.291 e. The summed E-state index contributed by atoms with van der Waals surface area (Å²) in [6, 6.07) is 21.1. The molecule has 5 rings (SSSR count). The zero-order valence-electron chi connectivity index (χ0n) is 18.8. The van der Waals surface area contributed by atoms with E-state index in [4.69, 9.17) is 14.1 Å². The third-order valence-electron chi connectivity index (χ3n) is 5.52. The van der Waals surface area contributed by atoms with E-state index in [1.54, 1.807) is 23.5 Å². The summed E-state index contributed by atoms with van der Waals surface area (Å²) in [5.74, 6) is 0.327. The number of thiazole rings is 1. The molecule has 0 fully saturated rings. The molecule has 0 aliphatic rings. The zero-order valence-corrected chi connectivity index (χ0v) is 19.6. The largest absolute Gasteiger partial charge is 0.496 e. The number of amides is 1. The van der Waals surface area contributed by atoms with Crippen molar-refractivity contribution in [2.45, 2.75) is 6.92 Å². The first-order valence-electron chi connectivity index (χ1n) is 10.6. The van der Waals surface area contributed by atoms with Gasteiger partial charge in [0.05, 0.1) is 33.9 Å². The Morgan fingerprint density at radius 2 is 1.91 bits per heavy atom. The molecule has 174 valence electrons. The highest BCUT2D eigenvalue weighted by Gasteiger charge is 2.18. The van der Waals surface area contributed by atoms with Crippen molar-refractivity contribution in [3.63, 3.8) is 0 Å². The first-order chi connectivity index (χ1) is 16.9. The van der Waals surface area contributed by atoms with Crippen molar-refractivity contribution in [1.82, 2.24) is 4.98 Å². The number of furan rings is 1. The minimum absolute atomic E-state index is 0.0985. The number of rotatable bonds is 6. The Kier molecular flexibility index (Phi) is 5.76. The summed E-state index contributed by atoms with van der Waals surface area (Å²) < 4.78 is 12.1. The van der Waals surface area contributed by atoms with Gasteiger partial charge in [-0.15, -0.1) is 11.3 Å². The number of nitro groups is 1.